The van der Waals surface area contributed by atoms with Crippen LogP contribution in [0.15, 0.2) is 75.9 Å². The fourth-order valence-electron chi connectivity index (χ4n) is 4.66. The molecular weight excluding hydrogens is 611 g/mol. The number of rotatable bonds is 7. The van der Waals surface area contributed by atoms with E-state index >= 15 is 0 Å². The van der Waals surface area contributed by atoms with Gasteiger partial charge in [-0.05, 0) is 66.6 Å². The van der Waals surface area contributed by atoms with E-state index in [1.807, 2.05) is 0 Å². The van der Waals surface area contributed by atoms with E-state index in [-0.39, 0.29) is 18.7 Å². The number of hydrogen-bond acceptors (Lipinski definition) is 7. The Balaban J connectivity index is 1.77. The first-order chi connectivity index (χ1) is 18.8. The number of carbonyl (C=O) groups is 1. The van der Waals surface area contributed by atoms with Crippen LogP contribution in [0.5, 0.6) is 0 Å². The minimum absolute atomic E-state index is 0.00753. The summed E-state index contributed by atoms with van der Waals surface area (Å²) in [6.07, 6.45) is -2.74. The molecule has 0 unspecified atom stereocenters. The smallest absolute Gasteiger partial charge is 0.344 e. The number of anilines is 2. The molecule has 41 heavy (non-hydrogen) atoms. The number of carbonyl (C=O) groups excluding carboxylic acids is 1. The van der Waals surface area contributed by atoms with Crippen LogP contribution in [0.2, 0.25) is 5.02 Å². The molecule has 0 saturated carbocycles. The van der Waals surface area contributed by atoms with E-state index in [2.05, 4.69) is 5.10 Å². The van der Waals surface area contributed by atoms with Gasteiger partial charge in [-0.3, -0.25) is 13.9 Å². The zero-order chi connectivity index (χ0) is 30.5. The summed E-state index contributed by atoms with van der Waals surface area (Å²) in [5, 5.41) is 4.33. The van der Waals surface area contributed by atoms with Gasteiger partial charge in [-0.2, -0.15) is 40.1 Å². The van der Waals surface area contributed by atoms with E-state index in [9.17, 15) is 34.8 Å². The van der Waals surface area contributed by atoms with Crippen molar-refractivity contribution in [3.63, 3.8) is 0 Å². The zero-order valence-corrected chi connectivity index (χ0v) is 23.8. The molecule has 0 atom stereocenters. The summed E-state index contributed by atoms with van der Waals surface area (Å²) in [6.45, 7) is 3.65. The highest BCUT2D eigenvalue weighted by Gasteiger charge is 2.47. The van der Waals surface area contributed by atoms with Crippen LogP contribution in [-0.4, -0.2) is 56.0 Å². The number of benzene rings is 2. The van der Waals surface area contributed by atoms with Crippen molar-refractivity contribution in [2.24, 2.45) is 5.10 Å². The van der Waals surface area contributed by atoms with Crippen LogP contribution in [-0.2, 0) is 30.4 Å². The molecular formula is C25H23ClF3N3O7S2. The molecule has 0 spiro atoms. The third-order valence-corrected chi connectivity index (χ3v) is 8.48. The Morgan fingerprint density at radius 2 is 1.66 bits per heavy atom. The Labute approximate surface area is 238 Å². The molecule has 10 nitrogen and oxygen atoms in total. The van der Waals surface area contributed by atoms with Crippen molar-refractivity contribution in [1.82, 2.24) is 0 Å². The van der Waals surface area contributed by atoms with Gasteiger partial charge in [0.2, 0.25) is 0 Å². The number of hydrogen-bond donors (Lipinski definition) is 2. The fourth-order valence-corrected chi connectivity index (χ4v) is 5.81. The van der Waals surface area contributed by atoms with Gasteiger partial charge in [-0.25, -0.2) is 0 Å². The number of alkyl halides is 3. The molecule has 1 amide bonds. The Morgan fingerprint density at radius 3 is 2.22 bits per heavy atom. The predicted molar refractivity (Wildman–Crippen MR) is 146 cm³/mol. The molecule has 0 radical (unpaired) electrons. The Bertz CT molecular complexity index is 1720. The second kappa shape index (κ2) is 10.5. The Kier molecular flexibility index (Phi) is 7.90. The minimum atomic E-state index is -5.03. The highest BCUT2D eigenvalue weighted by atomic mass is 35.5. The van der Waals surface area contributed by atoms with Crippen LogP contribution in [0.4, 0.5) is 24.5 Å². The highest BCUT2D eigenvalue weighted by Crippen LogP contribution is 2.48. The molecule has 0 aromatic heterocycles. The van der Waals surface area contributed by atoms with E-state index < -0.39 is 59.7 Å². The molecule has 0 saturated heterocycles. The summed E-state index contributed by atoms with van der Waals surface area (Å²) in [4.78, 5) is 14.3. The summed E-state index contributed by atoms with van der Waals surface area (Å²) in [5.41, 5.74) is -1.50. The van der Waals surface area contributed by atoms with Crippen LogP contribution in [0.25, 0.3) is 0 Å². The average molecular weight is 634 g/mol. The van der Waals surface area contributed by atoms with Gasteiger partial charge < -0.3 is 4.90 Å². The lowest BCUT2D eigenvalue weighted by Crippen LogP contribution is -2.28. The number of hydrazone groups is 1. The van der Waals surface area contributed by atoms with Crippen LogP contribution in [0.1, 0.15) is 25.8 Å². The molecule has 16 heteroatoms. The molecule has 2 aromatic rings. The van der Waals surface area contributed by atoms with Crippen molar-refractivity contribution in [3.05, 3.63) is 76.5 Å². The SMILES string of the molecule is CC1(C)/C(=C\C=C2/C(=O)N(c3ccc(S(=O)(=O)O)cc3)N=C2C(F)(F)F)N(CCCS(=O)(=O)O)c2ccc(Cl)cc21. The summed E-state index contributed by atoms with van der Waals surface area (Å²) >= 11 is 6.19. The van der Waals surface area contributed by atoms with Gasteiger partial charge in [-0.1, -0.05) is 25.4 Å². The van der Waals surface area contributed by atoms with Gasteiger partial charge in [0.1, 0.15) is 0 Å². The maximum Gasteiger partial charge on any atom is 0.435 e. The van der Waals surface area contributed by atoms with Gasteiger partial charge in [-0.15, -0.1) is 0 Å². The van der Waals surface area contributed by atoms with Crippen molar-refractivity contribution < 1.29 is 43.9 Å². The summed E-state index contributed by atoms with van der Waals surface area (Å²) in [7, 11) is -8.84. The quantitative estimate of drug-likeness (QED) is 0.329. The monoisotopic (exact) mass is 633 g/mol. The van der Waals surface area contributed by atoms with Crippen molar-refractivity contribution in [2.75, 3.05) is 22.2 Å². The lowest BCUT2D eigenvalue weighted by Gasteiger charge is -2.27. The molecule has 2 N–H and O–H groups in total. The molecule has 2 aliphatic rings. The van der Waals surface area contributed by atoms with Crippen LogP contribution >= 0.6 is 11.6 Å². The number of allylic oxidation sites excluding steroid dienone is 3. The van der Waals surface area contributed by atoms with Gasteiger partial charge >= 0.3 is 6.18 Å². The van der Waals surface area contributed by atoms with Crippen molar-refractivity contribution in [3.8, 4) is 0 Å². The standard InChI is InChI=1S/C25H23ClF3N3O7S2/c1-24(2)19-14-15(26)4-10-20(19)31(12-3-13-40(34,35)36)21(24)11-9-18-22(25(27,28)29)30-32(23(18)33)16-5-7-17(8-6-16)41(37,38)39/h4-11,14H,3,12-13H2,1-2H3,(H,34,35,36)(H,37,38,39)/b18-9-,21-11+. The summed E-state index contributed by atoms with van der Waals surface area (Å²) < 4.78 is 105. The Hall–Kier alpha value is -3.24. The van der Waals surface area contributed by atoms with Crippen LogP contribution in [0, 0.1) is 0 Å². The van der Waals surface area contributed by atoms with E-state index in [1.54, 1.807) is 36.9 Å². The molecule has 2 aromatic carbocycles. The molecule has 0 bridgehead atoms. The second-order valence-electron chi connectivity index (χ2n) is 9.74. The normalized spacial score (nSPS) is 19.3. The zero-order valence-electron chi connectivity index (χ0n) is 21.4. The maximum atomic E-state index is 14.0. The third kappa shape index (κ3) is 6.33. The lowest BCUT2D eigenvalue weighted by atomic mass is 9.83. The van der Waals surface area contributed by atoms with E-state index in [1.165, 1.54) is 6.08 Å². The van der Waals surface area contributed by atoms with Crippen molar-refractivity contribution in [2.45, 2.75) is 36.8 Å². The molecule has 220 valence electrons. The molecule has 2 aliphatic heterocycles. The average Bonchev–Trinajstić information content (AvgIpc) is 3.27. The topological polar surface area (TPSA) is 145 Å². The fraction of sp³-hybridized carbons (Fsp3) is 0.280. The number of fused-ring (bicyclic) bond motifs is 1. The van der Waals surface area contributed by atoms with Gasteiger partial charge in [0, 0.05) is 28.4 Å². The number of halogens is 4. The molecule has 0 aliphatic carbocycles. The first kappa shape index (κ1) is 30.7. The van der Waals surface area contributed by atoms with Gasteiger partial charge in [0.25, 0.3) is 26.1 Å². The molecule has 0 fully saturated rings. The molecule has 2 heterocycles. The second-order valence-corrected chi connectivity index (χ2v) is 13.2. The Morgan fingerprint density at radius 1 is 1.02 bits per heavy atom. The summed E-state index contributed by atoms with van der Waals surface area (Å²) in [6, 6.07) is 8.85. The summed E-state index contributed by atoms with van der Waals surface area (Å²) in [5.74, 6) is -1.68. The van der Waals surface area contributed by atoms with Crippen molar-refractivity contribution in [1.29, 1.82) is 0 Å². The first-order valence-corrected chi connectivity index (χ1v) is 15.3. The van der Waals surface area contributed by atoms with E-state index in [0.29, 0.717) is 27.0 Å². The van der Waals surface area contributed by atoms with Gasteiger partial charge in [0.05, 0.1) is 21.9 Å². The van der Waals surface area contributed by atoms with E-state index in [4.69, 9.17) is 20.7 Å². The van der Waals surface area contributed by atoms with E-state index in [0.717, 1.165) is 30.3 Å². The highest BCUT2D eigenvalue weighted by molar-refractivity contribution is 7.86. The predicted octanol–water partition coefficient (Wildman–Crippen LogP) is 4.74. The number of nitrogens with zero attached hydrogens (tertiary/aromatic N) is 3. The lowest BCUT2D eigenvalue weighted by molar-refractivity contribution is -0.114. The van der Waals surface area contributed by atoms with Crippen molar-refractivity contribution >= 4 is 54.8 Å². The maximum absolute atomic E-state index is 14.0. The van der Waals surface area contributed by atoms with Crippen LogP contribution in [0.3, 0.4) is 0 Å². The first-order valence-electron chi connectivity index (χ1n) is 11.8. The third-order valence-electron chi connectivity index (χ3n) is 6.57. The molecule has 4 rings (SSSR count). The van der Waals surface area contributed by atoms with Crippen LogP contribution < -0.4 is 9.91 Å². The number of amides is 1. The van der Waals surface area contributed by atoms with Gasteiger partial charge in [0.15, 0.2) is 5.71 Å². The minimum Gasteiger partial charge on any atom is -0.344 e. The largest absolute Gasteiger partial charge is 0.435 e.